The highest BCUT2D eigenvalue weighted by atomic mass is 16.7. The summed E-state index contributed by atoms with van der Waals surface area (Å²) in [4.78, 5) is 38.1. The molecule has 5 atom stereocenters. The highest BCUT2D eigenvalue weighted by molar-refractivity contribution is 5.90. The van der Waals surface area contributed by atoms with Gasteiger partial charge in [0.1, 0.15) is 6.61 Å². The number of hydrogen-bond acceptors (Lipinski definition) is 7. The maximum absolute atomic E-state index is 12.8. The molecule has 1 fully saturated rings. The topological polar surface area (TPSA) is 88.1 Å². The second kappa shape index (κ2) is 11.6. The van der Waals surface area contributed by atoms with Gasteiger partial charge in [0.2, 0.25) is 6.29 Å². The van der Waals surface area contributed by atoms with Crippen LogP contribution in [-0.4, -0.2) is 43.0 Å². The first-order chi connectivity index (χ1) is 17.4. The van der Waals surface area contributed by atoms with E-state index in [2.05, 4.69) is 0 Å². The fourth-order valence-electron chi connectivity index (χ4n) is 4.04. The summed E-state index contributed by atoms with van der Waals surface area (Å²) in [5.74, 6) is -2.06. The molecule has 4 rings (SSSR count). The van der Waals surface area contributed by atoms with Crippen molar-refractivity contribution in [3.8, 4) is 0 Å². The van der Waals surface area contributed by atoms with Gasteiger partial charge < -0.3 is 18.9 Å². The average Bonchev–Trinajstić information content (AvgIpc) is 2.93. The van der Waals surface area contributed by atoms with Crippen LogP contribution in [0.3, 0.4) is 0 Å². The maximum atomic E-state index is 12.8. The lowest BCUT2D eigenvalue weighted by Gasteiger charge is -2.43. The molecule has 1 saturated heterocycles. The third-order valence-corrected chi connectivity index (χ3v) is 6.38. The molecule has 7 nitrogen and oxygen atoms in total. The Labute approximate surface area is 209 Å². The lowest BCUT2D eigenvalue weighted by atomic mass is 9.83. The van der Waals surface area contributed by atoms with Gasteiger partial charge in [0.05, 0.1) is 22.8 Å². The molecule has 0 N–H and O–H groups in total. The summed E-state index contributed by atoms with van der Waals surface area (Å²) in [5.41, 5.74) is 1.15. The number of benzene rings is 3. The van der Waals surface area contributed by atoms with E-state index in [1.165, 1.54) is 0 Å². The Balaban J connectivity index is 1.51. The van der Waals surface area contributed by atoms with Crippen molar-refractivity contribution in [3.63, 3.8) is 0 Å². The highest BCUT2D eigenvalue weighted by Crippen LogP contribution is 2.34. The van der Waals surface area contributed by atoms with Gasteiger partial charge in [-0.1, -0.05) is 68.4 Å². The van der Waals surface area contributed by atoms with E-state index in [0.717, 1.165) is 0 Å². The number of ether oxygens (including phenoxy) is 4. The van der Waals surface area contributed by atoms with Crippen LogP contribution in [0.4, 0.5) is 0 Å². The Morgan fingerprint density at radius 3 is 1.58 bits per heavy atom. The van der Waals surface area contributed by atoms with Crippen molar-refractivity contribution < 1.29 is 33.3 Å². The van der Waals surface area contributed by atoms with Crippen molar-refractivity contribution in [2.24, 2.45) is 11.8 Å². The normalized spacial score (nSPS) is 23.3. The Kier molecular flexibility index (Phi) is 8.13. The first kappa shape index (κ1) is 25.1. The maximum Gasteiger partial charge on any atom is 0.340 e. The molecule has 0 radical (unpaired) electrons. The van der Waals surface area contributed by atoms with Crippen molar-refractivity contribution in [1.29, 1.82) is 0 Å². The number of hydrogen-bond donors (Lipinski definition) is 0. The molecule has 0 aromatic heterocycles. The van der Waals surface area contributed by atoms with Crippen LogP contribution in [0.5, 0.6) is 0 Å². The fraction of sp³-hybridized carbons (Fsp3) is 0.276. The molecule has 3 aromatic carbocycles. The fourth-order valence-corrected chi connectivity index (χ4v) is 4.04. The Morgan fingerprint density at radius 1 is 0.639 bits per heavy atom. The van der Waals surface area contributed by atoms with E-state index in [-0.39, 0.29) is 18.4 Å². The number of carbonyl (C=O) groups is 3. The third-order valence-electron chi connectivity index (χ3n) is 6.38. The molecule has 3 unspecified atom stereocenters. The van der Waals surface area contributed by atoms with Gasteiger partial charge in [-0.2, -0.15) is 0 Å². The molecule has 7 heteroatoms. The van der Waals surface area contributed by atoms with Crippen LogP contribution in [0.2, 0.25) is 0 Å². The minimum Gasteiger partial charge on any atom is -0.459 e. The highest BCUT2D eigenvalue weighted by Gasteiger charge is 2.46. The minimum atomic E-state index is -1.18. The van der Waals surface area contributed by atoms with E-state index in [9.17, 15) is 14.4 Å². The third kappa shape index (κ3) is 5.98. The van der Waals surface area contributed by atoms with Gasteiger partial charge in [-0.15, -0.1) is 0 Å². The molecule has 36 heavy (non-hydrogen) atoms. The Morgan fingerprint density at radius 2 is 1.08 bits per heavy atom. The molecule has 0 saturated carbocycles. The van der Waals surface area contributed by atoms with Gasteiger partial charge in [0.15, 0.2) is 6.10 Å². The summed E-state index contributed by atoms with van der Waals surface area (Å²) < 4.78 is 23.1. The van der Waals surface area contributed by atoms with Gasteiger partial charge in [0, 0.05) is 5.92 Å². The molecule has 0 aliphatic carbocycles. The summed E-state index contributed by atoms with van der Waals surface area (Å²) in [6, 6.07) is 25.7. The quantitative estimate of drug-likeness (QED) is 0.344. The number of carbonyl (C=O) groups excluding carboxylic acids is 3. The van der Waals surface area contributed by atoms with E-state index in [1.807, 2.05) is 19.9 Å². The summed E-state index contributed by atoms with van der Waals surface area (Å²) in [7, 11) is 0. The van der Waals surface area contributed by atoms with Gasteiger partial charge >= 0.3 is 17.9 Å². The molecule has 0 bridgehead atoms. The van der Waals surface area contributed by atoms with Crippen LogP contribution in [0.25, 0.3) is 0 Å². The zero-order valence-corrected chi connectivity index (χ0v) is 20.1. The van der Waals surface area contributed by atoms with Gasteiger partial charge in [0.25, 0.3) is 0 Å². The lowest BCUT2D eigenvalue weighted by molar-refractivity contribution is -0.254. The predicted molar refractivity (Wildman–Crippen MR) is 131 cm³/mol. The van der Waals surface area contributed by atoms with Crippen molar-refractivity contribution in [2.45, 2.75) is 32.3 Å². The molecule has 1 aliphatic rings. The zero-order chi connectivity index (χ0) is 25.5. The van der Waals surface area contributed by atoms with E-state index >= 15 is 0 Å². The molecule has 0 amide bonds. The molecule has 0 spiro atoms. The lowest BCUT2D eigenvalue weighted by Crippen LogP contribution is -2.54. The Hall–Kier alpha value is -3.97. The van der Waals surface area contributed by atoms with Gasteiger partial charge in [-0.05, 0) is 42.3 Å². The van der Waals surface area contributed by atoms with Crippen LogP contribution in [0, 0.1) is 11.8 Å². The summed E-state index contributed by atoms with van der Waals surface area (Å²) in [6.45, 7) is 3.77. The van der Waals surface area contributed by atoms with E-state index in [4.69, 9.17) is 18.9 Å². The largest absolute Gasteiger partial charge is 0.459 e. The molecule has 1 aliphatic heterocycles. The van der Waals surface area contributed by atoms with E-state index in [0.29, 0.717) is 16.7 Å². The van der Waals surface area contributed by atoms with Crippen LogP contribution in [-0.2, 0) is 18.9 Å². The van der Waals surface area contributed by atoms with Crippen molar-refractivity contribution in [2.75, 3.05) is 6.61 Å². The summed E-state index contributed by atoms with van der Waals surface area (Å²) in [5, 5.41) is 0. The molecule has 3 aromatic rings. The number of esters is 3. The second-order valence-corrected chi connectivity index (χ2v) is 8.73. The van der Waals surface area contributed by atoms with Gasteiger partial charge in [-0.3, -0.25) is 0 Å². The molecular weight excluding hydrogens is 460 g/mol. The van der Waals surface area contributed by atoms with Crippen LogP contribution in [0.15, 0.2) is 91.0 Å². The second-order valence-electron chi connectivity index (χ2n) is 8.73. The average molecular weight is 489 g/mol. The standard InChI is InChI=1S/C29H28O7/c1-19-20(2)25(35-27(31)22-14-8-4-9-15-22)29(36-28(32)23-16-10-5-11-17-23)34-24(19)18-33-26(30)21-12-6-3-7-13-21/h3-17,19-20,24-25,29H,18H2,1-2H3/t19-,20-,24?,25?,29?/m0/s1. The van der Waals surface area contributed by atoms with Crippen LogP contribution in [0.1, 0.15) is 44.9 Å². The van der Waals surface area contributed by atoms with Crippen molar-refractivity contribution in [3.05, 3.63) is 108 Å². The minimum absolute atomic E-state index is 0.0437. The van der Waals surface area contributed by atoms with E-state index < -0.39 is 36.4 Å². The smallest absolute Gasteiger partial charge is 0.340 e. The molecule has 186 valence electrons. The zero-order valence-electron chi connectivity index (χ0n) is 20.1. The molecule has 1 heterocycles. The summed E-state index contributed by atoms with van der Waals surface area (Å²) >= 11 is 0. The monoisotopic (exact) mass is 488 g/mol. The number of rotatable bonds is 7. The first-order valence-electron chi connectivity index (χ1n) is 11.8. The van der Waals surface area contributed by atoms with Gasteiger partial charge in [-0.25, -0.2) is 14.4 Å². The van der Waals surface area contributed by atoms with Crippen LogP contribution < -0.4 is 0 Å². The van der Waals surface area contributed by atoms with E-state index in [1.54, 1.807) is 84.9 Å². The molecular formula is C29H28O7. The SMILES string of the molecule is C[C@@H]1C(COC(=O)c2ccccc2)OC(OC(=O)c2ccccc2)C(OC(=O)c2ccccc2)[C@H]1C. The first-order valence-corrected chi connectivity index (χ1v) is 11.8. The van der Waals surface area contributed by atoms with Crippen molar-refractivity contribution in [1.82, 2.24) is 0 Å². The van der Waals surface area contributed by atoms with Crippen molar-refractivity contribution >= 4 is 17.9 Å². The van der Waals surface area contributed by atoms with Crippen LogP contribution >= 0.6 is 0 Å². The predicted octanol–water partition coefficient (Wildman–Crippen LogP) is 4.92. The Bertz CT molecular complexity index is 1160. The summed E-state index contributed by atoms with van der Waals surface area (Å²) in [6.07, 6.45) is -2.62.